The lowest BCUT2D eigenvalue weighted by atomic mass is 10.3. The third kappa shape index (κ3) is 3.66. The number of hydrogen-bond acceptors (Lipinski definition) is 4. The topological polar surface area (TPSA) is 76.0 Å². The van der Waals surface area contributed by atoms with E-state index in [0.29, 0.717) is 10.4 Å². The third-order valence-electron chi connectivity index (χ3n) is 2.95. The lowest BCUT2D eigenvalue weighted by Gasteiger charge is -2.04. The minimum atomic E-state index is -0.434. The van der Waals surface area contributed by atoms with E-state index in [4.69, 9.17) is 0 Å². The number of nitrogens with one attached hydrogen (secondary N) is 2. The Morgan fingerprint density at radius 1 is 1.04 bits per heavy atom. The van der Waals surface area contributed by atoms with Crippen molar-refractivity contribution in [2.75, 3.05) is 0 Å². The average molecular weight is 391 g/mol. The van der Waals surface area contributed by atoms with Gasteiger partial charge in [-0.2, -0.15) is 5.10 Å². The Morgan fingerprint density at radius 3 is 2.48 bits per heavy atom. The van der Waals surface area contributed by atoms with E-state index in [-0.39, 0.29) is 5.91 Å². The summed E-state index contributed by atoms with van der Waals surface area (Å²) in [5, 5.41) is 4.14. The summed E-state index contributed by atoms with van der Waals surface area (Å²) in [5.41, 5.74) is 5.94. The SMILES string of the molecule is O=C(NNC(=O)c1ccc(Br)s1)c1cnn(-c2ccccc2)c1. The van der Waals surface area contributed by atoms with E-state index in [1.807, 2.05) is 30.3 Å². The lowest BCUT2D eigenvalue weighted by molar-refractivity contribution is 0.0849. The van der Waals surface area contributed by atoms with Crippen molar-refractivity contribution in [2.24, 2.45) is 0 Å². The molecule has 8 heteroatoms. The molecule has 6 nitrogen and oxygen atoms in total. The predicted octanol–water partition coefficient (Wildman–Crippen LogP) is 2.77. The largest absolute Gasteiger partial charge is 0.279 e. The maximum Gasteiger partial charge on any atom is 0.279 e. The number of amides is 2. The lowest BCUT2D eigenvalue weighted by Crippen LogP contribution is -2.41. The summed E-state index contributed by atoms with van der Waals surface area (Å²) >= 11 is 4.56. The quantitative estimate of drug-likeness (QED) is 0.675. The van der Waals surface area contributed by atoms with Gasteiger partial charge >= 0.3 is 0 Å². The summed E-state index contributed by atoms with van der Waals surface area (Å²) < 4.78 is 2.44. The highest BCUT2D eigenvalue weighted by Crippen LogP contribution is 2.21. The molecule has 0 unspecified atom stereocenters. The van der Waals surface area contributed by atoms with Crippen LogP contribution >= 0.6 is 27.3 Å². The van der Waals surface area contributed by atoms with Crippen molar-refractivity contribution >= 4 is 39.1 Å². The number of hydrazine groups is 1. The summed E-state index contributed by atoms with van der Waals surface area (Å²) in [6.45, 7) is 0. The summed E-state index contributed by atoms with van der Waals surface area (Å²) in [7, 11) is 0. The Morgan fingerprint density at radius 2 is 1.78 bits per heavy atom. The first-order valence-electron chi connectivity index (χ1n) is 6.59. The fraction of sp³-hybridized carbons (Fsp3) is 0. The van der Waals surface area contributed by atoms with Crippen molar-refractivity contribution in [3.63, 3.8) is 0 Å². The van der Waals surface area contributed by atoms with Crippen LogP contribution in [0.25, 0.3) is 5.69 Å². The van der Waals surface area contributed by atoms with Crippen molar-refractivity contribution < 1.29 is 9.59 Å². The van der Waals surface area contributed by atoms with Crippen LogP contribution in [0.5, 0.6) is 0 Å². The molecule has 2 heterocycles. The van der Waals surface area contributed by atoms with Crippen LogP contribution in [0.2, 0.25) is 0 Å². The molecule has 1 aromatic carbocycles. The van der Waals surface area contributed by atoms with E-state index in [2.05, 4.69) is 31.9 Å². The van der Waals surface area contributed by atoms with Crippen molar-refractivity contribution in [3.8, 4) is 5.69 Å². The molecule has 3 aromatic rings. The fourth-order valence-corrected chi connectivity index (χ4v) is 3.13. The van der Waals surface area contributed by atoms with E-state index in [0.717, 1.165) is 9.47 Å². The zero-order chi connectivity index (χ0) is 16.2. The van der Waals surface area contributed by atoms with E-state index in [9.17, 15) is 9.59 Å². The van der Waals surface area contributed by atoms with Gasteiger partial charge < -0.3 is 0 Å². The minimum absolute atomic E-state index is 0.349. The molecule has 2 amide bonds. The van der Waals surface area contributed by atoms with E-state index >= 15 is 0 Å². The van der Waals surface area contributed by atoms with Gasteiger partial charge in [0.2, 0.25) is 0 Å². The van der Waals surface area contributed by atoms with Crippen LogP contribution in [0.15, 0.2) is 58.6 Å². The molecule has 0 saturated heterocycles. The molecule has 0 bridgehead atoms. The Hall–Kier alpha value is -2.45. The number of benzene rings is 1. The average Bonchev–Trinajstić information content (AvgIpc) is 3.22. The van der Waals surface area contributed by atoms with E-state index < -0.39 is 5.91 Å². The fourth-order valence-electron chi connectivity index (χ4n) is 1.85. The Labute approximate surface area is 144 Å². The van der Waals surface area contributed by atoms with Crippen LogP contribution in [0.3, 0.4) is 0 Å². The van der Waals surface area contributed by atoms with Gasteiger partial charge in [-0.3, -0.25) is 20.4 Å². The predicted molar refractivity (Wildman–Crippen MR) is 90.5 cm³/mol. The molecule has 3 rings (SSSR count). The van der Waals surface area contributed by atoms with Gasteiger partial charge in [-0.05, 0) is 40.2 Å². The molecule has 0 saturated carbocycles. The second kappa shape index (κ2) is 6.76. The number of hydrogen-bond donors (Lipinski definition) is 2. The number of rotatable bonds is 3. The molecule has 0 spiro atoms. The first-order chi connectivity index (χ1) is 11.1. The normalized spacial score (nSPS) is 10.3. The Kier molecular flexibility index (Phi) is 4.54. The minimum Gasteiger partial charge on any atom is -0.267 e. The first kappa shape index (κ1) is 15.4. The Balaban J connectivity index is 1.63. The first-order valence-corrected chi connectivity index (χ1v) is 8.20. The number of para-hydroxylation sites is 1. The highest BCUT2D eigenvalue weighted by Gasteiger charge is 2.12. The monoisotopic (exact) mass is 390 g/mol. The van der Waals surface area contributed by atoms with Crippen molar-refractivity contribution in [1.82, 2.24) is 20.6 Å². The Bertz CT molecular complexity index is 844. The molecule has 23 heavy (non-hydrogen) atoms. The maximum atomic E-state index is 12.0. The van der Waals surface area contributed by atoms with Crippen LogP contribution in [-0.2, 0) is 0 Å². The van der Waals surface area contributed by atoms with Crippen molar-refractivity contribution in [2.45, 2.75) is 0 Å². The van der Waals surface area contributed by atoms with Gasteiger partial charge in [0.1, 0.15) is 0 Å². The molecule has 0 radical (unpaired) electrons. The van der Waals surface area contributed by atoms with Gasteiger partial charge in [-0.25, -0.2) is 4.68 Å². The summed E-state index contributed by atoms with van der Waals surface area (Å²) in [6.07, 6.45) is 3.04. The summed E-state index contributed by atoms with van der Waals surface area (Å²) in [6, 6.07) is 12.9. The highest BCUT2D eigenvalue weighted by molar-refractivity contribution is 9.11. The number of aromatic nitrogens is 2. The van der Waals surface area contributed by atoms with Crippen molar-refractivity contribution in [3.05, 3.63) is 69.1 Å². The molecule has 116 valence electrons. The van der Waals surface area contributed by atoms with Gasteiger partial charge in [0.15, 0.2) is 0 Å². The molecule has 2 N–H and O–H groups in total. The molecule has 0 fully saturated rings. The maximum absolute atomic E-state index is 12.0. The molecular formula is C15H11BrN4O2S. The number of thiophene rings is 1. The van der Waals surface area contributed by atoms with Gasteiger partial charge in [0.25, 0.3) is 11.8 Å². The molecule has 0 aliphatic rings. The zero-order valence-corrected chi connectivity index (χ0v) is 14.1. The van der Waals surface area contributed by atoms with E-state index in [1.165, 1.54) is 17.5 Å². The molecule has 0 aliphatic heterocycles. The van der Waals surface area contributed by atoms with Crippen LogP contribution < -0.4 is 10.9 Å². The van der Waals surface area contributed by atoms with Crippen LogP contribution in [0.4, 0.5) is 0 Å². The summed E-state index contributed by atoms with van der Waals surface area (Å²) in [4.78, 5) is 24.4. The smallest absolute Gasteiger partial charge is 0.267 e. The van der Waals surface area contributed by atoms with Crippen LogP contribution in [0.1, 0.15) is 20.0 Å². The molecule has 0 atom stereocenters. The molecular weight excluding hydrogens is 380 g/mol. The second-order valence-electron chi connectivity index (χ2n) is 4.52. The van der Waals surface area contributed by atoms with Gasteiger partial charge in [-0.1, -0.05) is 18.2 Å². The highest BCUT2D eigenvalue weighted by atomic mass is 79.9. The number of carbonyl (C=O) groups excluding carboxylic acids is 2. The third-order valence-corrected chi connectivity index (χ3v) is 4.57. The second-order valence-corrected chi connectivity index (χ2v) is 6.98. The molecule has 2 aromatic heterocycles. The summed E-state index contributed by atoms with van der Waals surface area (Å²) in [5.74, 6) is -0.805. The van der Waals surface area contributed by atoms with Crippen LogP contribution in [0, 0.1) is 0 Å². The molecule has 0 aliphatic carbocycles. The van der Waals surface area contributed by atoms with Gasteiger partial charge in [0.05, 0.1) is 26.1 Å². The van der Waals surface area contributed by atoms with Crippen molar-refractivity contribution in [1.29, 1.82) is 0 Å². The number of nitrogens with zero attached hydrogens (tertiary/aromatic N) is 2. The van der Waals surface area contributed by atoms with Gasteiger partial charge in [-0.15, -0.1) is 11.3 Å². The van der Waals surface area contributed by atoms with E-state index in [1.54, 1.807) is 23.0 Å². The van der Waals surface area contributed by atoms with Crippen LogP contribution in [-0.4, -0.2) is 21.6 Å². The number of carbonyl (C=O) groups is 2. The van der Waals surface area contributed by atoms with Gasteiger partial charge in [0, 0.05) is 6.20 Å². The standard InChI is InChI=1S/C15H11BrN4O2S/c16-13-7-6-12(23-13)15(22)19-18-14(21)10-8-17-20(9-10)11-4-2-1-3-5-11/h1-9H,(H,18,21)(H,19,22). The zero-order valence-electron chi connectivity index (χ0n) is 11.7. The number of halogens is 1.